The van der Waals surface area contributed by atoms with Crippen LogP contribution in [0.15, 0.2) is 42.5 Å². The Bertz CT molecular complexity index is 966. The number of nitrogens with one attached hydrogen (secondary N) is 1. The molecule has 2 aliphatic carbocycles. The van der Waals surface area contributed by atoms with Crippen LogP contribution in [0.4, 0.5) is 11.4 Å². The van der Waals surface area contributed by atoms with Crippen molar-refractivity contribution in [3.05, 3.63) is 59.2 Å². The van der Waals surface area contributed by atoms with Gasteiger partial charge in [-0.15, -0.1) is 11.8 Å². The zero-order chi connectivity index (χ0) is 21.2. The summed E-state index contributed by atoms with van der Waals surface area (Å²) in [6, 6.07) is 14.5. The summed E-state index contributed by atoms with van der Waals surface area (Å²) in [5.41, 5.74) is 5.74. The van der Waals surface area contributed by atoms with Gasteiger partial charge in [0.05, 0.1) is 5.75 Å². The van der Waals surface area contributed by atoms with E-state index in [9.17, 15) is 9.59 Å². The van der Waals surface area contributed by atoms with E-state index in [4.69, 9.17) is 0 Å². The van der Waals surface area contributed by atoms with Gasteiger partial charge in [0.1, 0.15) is 5.37 Å². The summed E-state index contributed by atoms with van der Waals surface area (Å²) < 4.78 is 0. The van der Waals surface area contributed by atoms with Crippen LogP contribution in [0.25, 0.3) is 0 Å². The number of carbonyl (C=O) groups is 2. The minimum atomic E-state index is -0.0147. The number of fused-ring (bicyclic) bond motifs is 1. The van der Waals surface area contributed by atoms with E-state index in [1.54, 1.807) is 11.8 Å². The van der Waals surface area contributed by atoms with E-state index in [0.29, 0.717) is 12.2 Å². The highest BCUT2D eigenvalue weighted by Crippen LogP contribution is 2.43. The maximum atomic E-state index is 12.7. The third-order valence-electron chi connectivity index (χ3n) is 6.96. The second-order valence-corrected chi connectivity index (χ2v) is 10.2. The molecule has 1 N–H and O–H groups in total. The maximum absolute atomic E-state index is 12.7. The average molecular weight is 435 g/mol. The van der Waals surface area contributed by atoms with Gasteiger partial charge in [-0.2, -0.15) is 0 Å². The number of amides is 2. The summed E-state index contributed by atoms with van der Waals surface area (Å²) in [7, 11) is 0. The van der Waals surface area contributed by atoms with E-state index < -0.39 is 0 Å². The Morgan fingerprint density at radius 2 is 1.77 bits per heavy atom. The largest absolute Gasteiger partial charge is 0.326 e. The van der Waals surface area contributed by atoms with Crippen molar-refractivity contribution in [3.63, 3.8) is 0 Å². The van der Waals surface area contributed by atoms with Crippen LogP contribution in [-0.4, -0.2) is 17.6 Å². The predicted octanol–water partition coefficient (Wildman–Crippen LogP) is 5.86. The van der Waals surface area contributed by atoms with Crippen molar-refractivity contribution in [2.75, 3.05) is 16.0 Å². The molecule has 162 valence electrons. The van der Waals surface area contributed by atoms with Crippen LogP contribution in [0.5, 0.6) is 0 Å². The van der Waals surface area contributed by atoms with Crippen LogP contribution in [0.2, 0.25) is 0 Å². The number of hydrogen-bond donors (Lipinski definition) is 1. The molecule has 0 unspecified atom stereocenters. The molecule has 1 aliphatic heterocycles. The summed E-state index contributed by atoms with van der Waals surface area (Å²) in [4.78, 5) is 27.0. The van der Waals surface area contributed by atoms with Crippen LogP contribution in [0.3, 0.4) is 0 Å². The van der Waals surface area contributed by atoms with Gasteiger partial charge in [-0.1, -0.05) is 43.9 Å². The molecule has 1 saturated heterocycles. The molecule has 1 atom stereocenters. The fourth-order valence-corrected chi connectivity index (χ4v) is 6.42. The highest BCUT2D eigenvalue weighted by Gasteiger charge is 2.34. The van der Waals surface area contributed by atoms with Crippen molar-refractivity contribution in [1.29, 1.82) is 0 Å². The van der Waals surface area contributed by atoms with Crippen molar-refractivity contribution in [2.24, 2.45) is 5.92 Å². The van der Waals surface area contributed by atoms with Gasteiger partial charge in [0, 0.05) is 17.8 Å². The van der Waals surface area contributed by atoms with Crippen LogP contribution < -0.4 is 10.2 Å². The highest BCUT2D eigenvalue weighted by atomic mass is 32.2. The van der Waals surface area contributed by atoms with Gasteiger partial charge in [0.15, 0.2) is 0 Å². The topological polar surface area (TPSA) is 49.4 Å². The van der Waals surface area contributed by atoms with E-state index in [2.05, 4.69) is 23.5 Å². The Hall–Kier alpha value is -2.27. The summed E-state index contributed by atoms with van der Waals surface area (Å²) in [6.45, 7) is 0. The lowest BCUT2D eigenvalue weighted by Gasteiger charge is -2.25. The lowest BCUT2D eigenvalue weighted by molar-refractivity contribution is -0.117. The molecule has 0 aromatic heterocycles. The lowest BCUT2D eigenvalue weighted by atomic mass is 10.0. The Morgan fingerprint density at radius 3 is 2.58 bits per heavy atom. The minimum Gasteiger partial charge on any atom is -0.326 e. The molecule has 0 radical (unpaired) electrons. The SMILES string of the molecule is O=C(CCC1CCCC1)Nc1ccc([C@H]2SCC(=O)N2c2ccc3c(c2)CCC3)cc1. The zero-order valence-corrected chi connectivity index (χ0v) is 18.8. The summed E-state index contributed by atoms with van der Waals surface area (Å²) in [6.07, 6.45) is 10.3. The number of aryl methyl sites for hydroxylation is 2. The molecule has 4 nitrogen and oxygen atoms in total. The molecule has 0 bridgehead atoms. The first-order valence-corrected chi connectivity index (χ1v) is 12.7. The molecule has 0 spiro atoms. The van der Waals surface area contributed by atoms with Gasteiger partial charge < -0.3 is 5.32 Å². The second-order valence-electron chi connectivity index (χ2n) is 9.09. The fourth-order valence-electron chi connectivity index (χ4n) is 5.25. The summed E-state index contributed by atoms with van der Waals surface area (Å²) in [5, 5.41) is 3.02. The van der Waals surface area contributed by atoms with Gasteiger partial charge in [0.25, 0.3) is 0 Å². The molecule has 3 aliphatic rings. The molecule has 1 heterocycles. The molecule has 31 heavy (non-hydrogen) atoms. The Labute approximate surface area is 188 Å². The van der Waals surface area contributed by atoms with Crippen molar-refractivity contribution in [1.82, 2.24) is 0 Å². The van der Waals surface area contributed by atoms with E-state index in [-0.39, 0.29) is 17.2 Å². The monoisotopic (exact) mass is 434 g/mol. The predicted molar refractivity (Wildman–Crippen MR) is 127 cm³/mol. The molecule has 2 amide bonds. The highest BCUT2D eigenvalue weighted by molar-refractivity contribution is 8.00. The Kier molecular flexibility index (Phi) is 6.04. The number of anilines is 2. The number of hydrogen-bond acceptors (Lipinski definition) is 3. The van der Waals surface area contributed by atoms with Crippen molar-refractivity contribution < 1.29 is 9.59 Å². The molecular formula is C26H30N2O2S. The molecule has 1 saturated carbocycles. The summed E-state index contributed by atoms with van der Waals surface area (Å²) >= 11 is 1.67. The third-order valence-corrected chi connectivity index (χ3v) is 8.17. The van der Waals surface area contributed by atoms with E-state index in [1.165, 1.54) is 43.2 Å². The average Bonchev–Trinajstić information content (AvgIpc) is 3.53. The number of nitrogens with zero attached hydrogens (tertiary/aromatic N) is 1. The molecule has 2 aromatic carbocycles. The van der Waals surface area contributed by atoms with Gasteiger partial charge in [-0.25, -0.2) is 0 Å². The standard InChI is InChI=1S/C26H30N2O2S/c29-24(15-8-18-4-1-2-5-18)27-22-12-9-20(10-13-22)26-28(25(30)17-31-26)23-14-11-19-6-3-7-21(19)16-23/h9-14,16,18,26H,1-8,15,17H2,(H,27,29)/t26-/m1/s1. The Balaban J connectivity index is 1.25. The molecule has 2 fully saturated rings. The van der Waals surface area contributed by atoms with Crippen LogP contribution >= 0.6 is 11.8 Å². The van der Waals surface area contributed by atoms with Crippen LogP contribution in [0.1, 0.15) is 67.0 Å². The first-order chi connectivity index (χ1) is 15.2. The first-order valence-electron chi connectivity index (χ1n) is 11.6. The van der Waals surface area contributed by atoms with Crippen molar-refractivity contribution >= 4 is 35.0 Å². The van der Waals surface area contributed by atoms with Crippen molar-refractivity contribution in [2.45, 2.75) is 63.2 Å². The molecule has 2 aromatic rings. The van der Waals surface area contributed by atoms with Gasteiger partial charge in [0.2, 0.25) is 11.8 Å². The minimum absolute atomic E-state index is 0.0147. The lowest BCUT2D eigenvalue weighted by Crippen LogP contribution is -2.27. The number of rotatable bonds is 6. The normalized spacial score (nSPS) is 21.0. The van der Waals surface area contributed by atoms with E-state index in [0.717, 1.165) is 42.1 Å². The van der Waals surface area contributed by atoms with E-state index >= 15 is 0 Å². The van der Waals surface area contributed by atoms with Gasteiger partial charge >= 0.3 is 0 Å². The van der Waals surface area contributed by atoms with Crippen LogP contribution in [0, 0.1) is 5.92 Å². The zero-order valence-electron chi connectivity index (χ0n) is 17.9. The maximum Gasteiger partial charge on any atom is 0.238 e. The first kappa shape index (κ1) is 20.6. The number of thioether (sulfide) groups is 1. The third kappa shape index (κ3) is 4.52. The number of carbonyl (C=O) groups excluding carboxylic acids is 2. The second kappa shape index (κ2) is 9.07. The van der Waals surface area contributed by atoms with Gasteiger partial charge in [-0.05, 0) is 72.6 Å². The van der Waals surface area contributed by atoms with Gasteiger partial charge in [-0.3, -0.25) is 14.5 Å². The quantitative estimate of drug-likeness (QED) is 0.619. The molecular weight excluding hydrogens is 404 g/mol. The number of benzene rings is 2. The summed E-state index contributed by atoms with van der Waals surface area (Å²) in [5.74, 6) is 1.50. The molecule has 5 rings (SSSR count). The Morgan fingerprint density at radius 1 is 1.00 bits per heavy atom. The van der Waals surface area contributed by atoms with E-state index in [1.807, 2.05) is 29.2 Å². The molecule has 5 heteroatoms. The fraction of sp³-hybridized carbons (Fsp3) is 0.462. The smallest absolute Gasteiger partial charge is 0.238 e. The van der Waals surface area contributed by atoms with Crippen molar-refractivity contribution in [3.8, 4) is 0 Å². The van der Waals surface area contributed by atoms with Crippen LogP contribution in [-0.2, 0) is 22.4 Å².